The molecule has 17 heavy (non-hydrogen) atoms. The fraction of sp³-hybridized carbons (Fsp3) is 0.500. The Bertz CT molecular complexity index is 376. The van der Waals surface area contributed by atoms with Gasteiger partial charge in [-0.1, -0.05) is 12.1 Å². The summed E-state index contributed by atoms with van der Waals surface area (Å²) in [5.41, 5.74) is 1.28. The van der Waals surface area contributed by atoms with Crippen LogP contribution in [0.15, 0.2) is 24.3 Å². The fourth-order valence-electron chi connectivity index (χ4n) is 2.25. The second-order valence-corrected chi connectivity index (χ2v) is 4.52. The third-order valence-corrected chi connectivity index (χ3v) is 3.50. The molecule has 1 aliphatic rings. The lowest BCUT2D eigenvalue weighted by atomic mass is 10.0. The molecular formula is C14H19NO2. The number of likely N-dealkylation sites (tertiary alicyclic amines) is 1. The van der Waals surface area contributed by atoms with E-state index in [0.717, 1.165) is 18.8 Å². The molecule has 0 aromatic heterocycles. The van der Waals surface area contributed by atoms with Crippen LogP contribution in [0.2, 0.25) is 0 Å². The molecule has 1 aromatic carbocycles. The largest absolute Gasteiger partial charge is 0.497 e. The second kappa shape index (κ2) is 5.32. The lowest BCUT2D eigenvalue weighted by Gasteiger charge is -2.32. The average molecular weight is 233 g/mol. The van der Waals surface area contributed by atoms with Gasteiger partial charge in [0.15, 0.2) is 0 Å². The topological polar surface area (TPSA) is 29.5 Å². The van der Waals surface area contributed by atoms with Gasteiger partial charge in [0.25, 0.3) is 0 Å². The molecule has 2 rings (SSSR count). The van der Waals surface area contributed by atoms with Crippen LogP contribution >= 0.6 is 0 Å². The SMILES string of the molecule is COc1ccc([C@@H](C)N2CCC(=O)CC2)cc1. The highest BCUT2D eigenvalue weighted by molar-refractivity contribution is 5.79. The van der Waals surface area contributed by atoms with Gasteiger partial charge in [-0.3, -0.25) is 9.69 Å². The predicted octanol–water partition coefficient (Wildman–Crippen LogP) is 2.42. The van der Waals surface area contributed by atoms with Crippen LogP contribution in [0.25, 0.3) is 0 Å². The highest BCUT2D eigenvalue weighted by Crippen LogP contribution is 2.24. The van der Waals surface area contributed by atoms with Gasteiger partial charge in [-0.25, -0.2) is 0 Å². The molecule has 0 radical (unpaired) electrons. The number of Topliss-reactive ketones (excluding diaryl/α,β-unsaturated/α-hetero) is 1. The van der Waals surface area contributed by atoms with Crippen molar-refractivity contribution < 1.29 is 9.53 Å². The summed E-state index contributed by atoms with van der Waals surface area (Å²) in [6.07, 6.45) is 1.39. The Hall–Kier alpha value is -1.35. The zero-order valence-corrected chi connectivity index (χ0v) is 10.5. The summed E-state index contributed by atoms with van der Waals surface area (Å²) in [6.45, 7) is 3.95. The molecule has 0 bridgehead atoms. The van der Waals surface area contributed by atoms with Gasteiger partial charge in [0.2, 0.25) is 0 Å². The predicted molar refractivity (Wildman–Crippen MR) is 67.2 cm³/mol. The van der Waals surface area contributed by atoms with E-state index in [1.807, 2.05) is 12.1 Å². The van der Waals surface area contributed by atoms with Crippen molar-refractivity contribution in [2.24, 2.45) is 0 Å². The third kappa shape index (κ3) is 2.86. The molecule has 1 fully saturated rings. The molecular weight excluding hydrogens is 214 g/mol. The van der Waals surface area contributed by atoms with Crippen LogP contribution in [0.3, 0.4) is 0 Å². The van der Waals surface area contributed by atoms with E-state index in [1.165, 1.54) is 5.56 Å². The maximum absolute atomic E-state index is 11.2. The lowest BCUT2D eigenvalue weighted by molar-refractivity contribution is -0.121. The van der Waals surface area contributed by atoms with Crippen LogP contribution < -0.4 is 4.74 Å². The Kier molecular flexibility index (Phi) is 3.79. The van der Waals surface area contributed by atoms with Crippen LogP contribution in [-0.4, -0.2) is 30.9 Å². The van der Waals surface area contributed by atoms with Crippen LogP contribution in [0.5, 0.6) is 5.75 Å². The number of carbonyl (C=O) groups excluding carboxylic acids is 1. The van der Waals surface area contributed by atoms with Crippen LogP contribution in [-0.2, 0) is 4.79 Å². The van der Waals surface area contributed by atoms with Crippen molar-refractivity contribution in [3.8, 4) is 5.75 Å². The monoisotopic (exact) mass is 233 g/mol. The highest BCUT2D eigenvalue weighted by Gasteiger charge is 2.21. The van der Waals surface area contributed by atoms with Crippen molar-refractivity contribution in [3.63, 3.8) is 0 Å². The van der Waals surface area contributed by atoms with E-state index >= 15 is 0 Å². The van der Waals surface area contributed by atoms with Crippen molar-refractivity contribution in [1.29, 1.82) is 0 Å². The van der Waals surface area contributed by atoms with Gasteiger partial charge in [0.1, 0.15) is 11.5 Å². The zero-order valence-electron chi connectivity index (χ0n) is 10.5. The number of rotatable bonds is 3. The molecule has 3 nitrogen and oxygen atoms in total. The van der Waals surface area contributed by atoms with E-state index in [2.05, 4.69) is 24.0 Å². The highest BCUT2D eigenvalue weighted by atomic mass is 16.5. The number of hydrogen-bond donors (Lipinski definition) is 0. The number of carbonyl (C=O) groups is 1. The normalized spacial score (nSPS) is 19.1. The van der Waals surface area contributed by atoms with Crippen LogP contribution in [0.1, 0.15) is 31.4 Å². The first-order valence-electron chi connectivity index (χ1n) is 6.10. The molecule has 1 heterocycles. The molecule has 0 spiro atoms. The van der Waals surface area contributed by atoms with Gasteiger partial charge in [-0.05, 0) is 24.6 Å². The Morgan fingerprint density at radius 1 is 1.18 bits per heavy atom. The van der Waals surface area contributed by atoms with Crippen molar-refractivity contribution in [3.05, 3.63) is 29.8 Å². The minimum absolute atomic E-state index is 0.369. The van der Waals surface area contributed by atoms with Gasteiger partial charge in [0.05, 0.1) is 7.11 Å². The van der Waals surface area contributed by atoms with Crippen molar-refractivity contribution in [2.75, 3.05) is 20.2 Å². The number of nitrogens with zero attached hydrogens (tertiary/aromatic N) is 1. The smallest absolute Gasteiger partial charge is 0.135 e. The Balaban J connectivity index is 2.03. The molecule has 0 unspecified atom stereocenters. The summed E-state index contributed by atoms with van der Waals surface area (Å²) in [7, 11) is 1.68. The quantitative estimate of drug-likeness (QED) is 0.803. The molecule has 1 atom stereocenters. The molecule has 0 N–H and O–H groups in total. The zero-order chi connectivity index (χ0) is 12.3. The minimum atomic E-state index is 0.369. The lowest BCUT2D eigenvalue weighted by Crippen LogP contribution is -2.35. The molecule has 0 saturated carbocycles. The van der Waals surface area contributed by atoms with Gasteiger partial charge in [-0.2, -0.15) is 0 Å². The van der Waals surface area contributed by atoms with Gasteiger partial charge >= 0.3 is 0 Å². The molecule has 0 amide bonds. The second-order valence-electron chi connectivity index (χ2n) is 4.52. The summed E-state index contributed by atoms with van der Waals surface area (Å²) in [5, 5.41) is 0. The van der Waals surface area contributed by atoms with Gasteiger partial charge < -0.3 is 4.74 Å². The number of benzene rings is 1. The summed E-state index contributed by atoms with van der Waals surface area (Å²) in [6, 6.07) is 8.54. The van der Waals surface area contributed by atoms with Crippen molar-refractivity contribution in [2.45, 2.75) is 25.8 Å². The average Bonchev–Trinajstić information content (AvgIpc) is 2.39. The molecule has 1 saturated heterocycles. The molecule has 1 aliphatic heterocycles. The summed E-state index contributed by atoms with van der Waals surface area (Å²) < 4.78 is 5.15. The molecule has 92 valence electrons. The third-order valence-electron chi connectivity index (χ3n) is 3.50. The van der Waals surface area contributed by atoms with E-state index in [-0.39, 0.29) is 0 Å². The number of ketones is 1. The first kappa shape index (κ1) is 12.1. The van der Waals surface area contributed by atoms with Gasteiger partial charge in [0, 0.05) is 32.0 Å². The van der Waals surface area contributed by atoms with E-state index in [1.54, 1.807) is 7.11 Å². The standard InChI is InChI=1S/C14H19NO2/c1-11(15-9-7-13(16)8-10-15)12-3-5-14(17-2)6-4-12/h3-6,11H,7-10H2,1-2H3/t11-/m1/s1. The Morgan fingerprint density at radius 3 is 2.29 bits per heavy atom. The summed E-state index contributed by atoms with van der Waals surface area (Å²) in [5.74, 6) is 1.28. The molecule has 3 heteroatoms. The van der Waals surface area contributed by atoms with Crippen molar-refractivity contribution >= 4 is 5.78 Å². The summed E-state index contributed by atoms with van der Waals surface area (Å²) >= 11 is 0. The van der Waals surface area contributed by atoms with Crippen LogP contribution in [0.4, 0.5) is 0 Å². The molecule has 1 aromatic rings. The number of piperidine rings is 1. The molecule has 0 aliphatic carbocycles. The maximum atomic E-state index is 11.2. The van der Waals surface area contributed by atoms with Crippen molar-refractivity contribution in [1.82, 2.24) is 4.90 Å². The van der Waals surface area contributed by atoms with Crippen LogP contribution in [0, 0.1) is 0 Å². The summed E-state index contributed by atoms with van der Waals surface area (Å²) in [4.78, 5) is 13.6. The maximum Gasteiger partial charge on any atom is 0.135 e. The Morgan fingerprint density at radius 2 is 1.76 bits per heavy atom. The van der Waals surface area contributed by atoms with E-state index in [0.29, 0.717) is 24.7 Å². The van der Waals surface area contributed by atoms with E-state index in [9.17, 15) is 4.79 Å². The minimum Gasteiger partial charge on any atom is -0.497 e. The Labute approximate surface area is 102 Å². The number of methoxy groups -OCH3 is 1. The first-order valence-corrected chi connectivity index (χ1v) is 6.10. The van der Waals surface area contributed by atoms with E-state index < -0.39 is 0 Å². The number of ether oxygens (including phenoxy) is 1. The van der Waals surface area contributed by atoms with E-state index in [4.69, 9.17) is 4.74 Å². The number of hydrogen-bond acceptors (Lipinski definition) is 3. The fourth-order valence-corrected chi connectivity index (χ4v) is 2.25. The first-order chi connectivity index (χ1) is 8.20. The van der Waals surface area contributed by atoms with Gasteiger partial charge in [-0.15, -0.1) is 0 Å².